The fraction of sp³-hybridized carbons (Fsp3) is 0.412. The van der Waals surface area contributed by atoms with Crippen LogP contribution in [0.1, 0.15) is 29.9 Å². The van der Waals surface area contributed by atoms with E-state index < -0.39 is 9.84 Å². The van der Waals surface area contributed by atoms with Crippen molar-refractivity contribution in [3.05, 3.63) is 40.5 Å². The van der Waals surface area contributed by atoms with Crippen LogP contribution in [0, 0.1) is 12.8 Å². The third-order valence-corrected chi connectivity index (χ3v) is 5.75. The molecule has 1 aromatic carbocycles. The normalized spacial score (nSPS) is 11.9. The number of aromatic nitrogens is 1. The molecule has 0 saturated carbocycles. The van der Waals surface area contributed by atoms with E-state index in [0.29, 0.717) is 27.2 Å². The lowest BCUT2D eigenvalue weighted by Crippen LogP contribution is -2.30. The van der Waals surface area contributed by atoms with E-state index in [2.05, 4.69) is 10.3 Å². The second-order valence-electron chi connectivity index (χ2n) is 6.21. The maximum Gasteiger partial charge on any atom is 0.252 e. The fourth-order valence-electron chi connectivity index (χ4n) is 2.54. The van der Waals surface area contributed by atoms with E-state index in [1.54, 1.807) is 31.2 Å². The molecular weight excluding hydrogens is 348 g/mol. The zero-order chi connectivity index (χ0) is 17.9. The molecule has 24 heavy (non-hydrogen) atoms. The monoisotopic (exact) mass is 368 g/mol. The highest BCUT2D eigenvalue weighted by molar-refractivity contribution is 7.91. The van der Waals surface area contributed by atoms with E-state index in [1.165, 1.54) is 0 Å². The van der Waals surface area contributed by atoms with Crippen LogP contribution in [-0.4, -0.2) is 37.4 Å². The molecule has 0 fully saturated rings. The fourth-order valence-corrected chi connectivity index (χ4v) is 4.35. The van der Waals surface area contributed by atoms with Crippen LogP contribution < -0.4 is 5.32 Å². The second-order valence-corrected chi connectivity index (χ2v) is 8.85. The zero-order valence-electron chi connectivity index (χ0n) is 14.0. The van der Waals surface area contributed by atoms with Gasteiger partial charge in [0, 0.05) is 17.6 Å². The third-order valence-electron chi connectivity index (χ3n) is 3.45. The molecule has 2 aromatic rings. The Balaban J connectivity index is 2.16. The van der Waals surface area contributed by atoms with Crippen molar-refractivity contribution in [1.29, 1.82) is 0 Å². The van der Waals surface area contributed by atoms with Crippen molar-refractivity contribution in [2.24, 2.45) is 5.92 Å². The Morgan fingerprint density at radius 2 is 2.04 bits per heavy atom. The number of amides is 1. The van der Waals surface area contributed by atoms with E-state index in [0.717, 1.165) is 0 Å². The second kappa shape index (κ2) is 7.49. The number of fused-ring (bicyclic) bond motifs is 1. The van der Waals surface area contributed by atoms with Crippen LogP contribution in [0.3, 0.4) is 0 Å². The molecule has 0 saturated heterocycles. The van der Waals surface area contributed by atoms with Crippen molar-refractivity contribution >= 4 is 38.2 Å². The third kappa shape index (κ3) is 4.68. The molecule has 7 heteroatoms. The number of hydrogen-bond acceptors (Lipinski definition) is 4. The van der Waals surface area contributed by atoms with Crippen LogP contribution in [0.15, 0.2) is 24.3 Å². The Kier molecular flexibility index (Phi) is 5.83. The predicted molar refractivity (Wildman–Crippen MR) is 97.3 cm³/mol. The average Bonchev–Trinajstić information content (AvgIpc) is 2.45. The molecule has 0 bridgehead atoms. The van der Waals surface area contributed by atoms with Crippen molar-refractivity contribution in [3.63, 3.8) is 0 Å². The SMILES string of the molecule is Cc1cc(C(=O)NCCS(=O)(=O)CC(C)C)c2cccc(Cl)c2n1. The number of halogens is 1. The number of aryl methyl sites for hydroxylation is 1. The summed E-state index contributed by atoms with van der Waals surface area (Å²) in [7, 11) is -3.16. The molecule has 2 rings (SSSR count). The largest absolute Gasteiger partial charge is 0.351 e. The Labute approximate surface area is 147 Å². The lowest BCUT2D eigenvalue weighted by atomic mass is 10.1. The summed E-state index contributed by atoms with van der Waals surface area (Å²) in [6.07, 6.45) is 0. The summed E-state index contributed by atoms with van der Waals surface area (Å²) < 4.78 is 23.8. The summed E-state index contributed by atoms with van der Waals surface area (Å²) in [5.74, 6) is -0.206. The van der Waals surface area contributed by atoms with E-state index in [-0.39, 0.29) is 29.9 Å². The van der Waals surface area contributed by atoms with Gasteiger partial charge in [-0.3, -0.25) is 9.78 Å². The van der Waals surface area contributed by atoms with Gasteiger partial charge in [-0.15, -0.1) is 0 Å². The first-order chi connectivity index (χ1) is 11.2. The molecule has 0 atom stereocenters. The van der Waals surface area contributed by atoms with Crippen molar-refractivity contribution in [2.75, 3.05) is 18.1 Å². The first kappa shape index (κ1) is 18.7. The van der Waals surface area contributed by atoms with Gasteiger partial charge in [0.2, 0.25) is 0 Å². The molecule has 1 heterocycles. The van der Waals surface area contributed by atoms with Gasteiger partial charge in [-0.1, -0.05) is 37.6 Å². The summed E-state index contributed by atoms with van der Waals surface area (Å²) in [4.78, 5) is 16.8. The molecule has 0 radical (unpaired) electrons. The summed E-state index contributed by atoms with van der Waals surface area (Å²) in [5.41, 5.74) is 1.69. The van der Waals surface area contributed by atoms with Crippen LogP contribution in [0.5, 0.6) is 0 Å². The number of rotatable bonds is 6. The quantitative estimate of drug-likeness (QED) is 0.850. The maximum atomic E-state index is 12.5. The van der Waals surface area contributed by atoms with Crippen molar-refractivity contribution in [1.82, 2.24) is 10.3 Å². The summed E-state index contributed by atoms with van der Waals surface area (Å²) >= 11 is 6.14. The molecule has 1 aromatic heterocycles. The number of pyridine rings is 1. The Morgan fingerprint density at radius 1 is 1.33 bits per heavy atom. The van der Waals surface area contributed by atoms with Crippen LogP contribution in [0.2, 0.25) is 5.02 Å². The molecule has 0 aliphatic heterocycles. The van der Waals surface area contributed by atoms with E-state index in [9.17, 15) is 13.2 Å². The molecule has 0 unspecified atom stereocenters. The van der Waals surface area contributed by atoms with Crippen molar-refractivity contribution in [2.45, 2.75) is 20.8 Å². The van der Waals surface area contributed by atoms with Crippen molar-refractivity contribution in [3.8, 4) is 0 Å². The zero-order valence-corrected chi connectivity index (χ0v) is 15.5. The summed E-state index contributed by atoms with van der Waals surface area (Å²) in [6.45, 7) is 5.57. The first-order valence-corrected chi connectivity index (χ1v) is 9.94. The van der Waals surface area contributed by atoms with Gasteiger partial charge in [0.05, 0.1) is 27.6 Å². The van der Waals surface area contributed by atoms with Gasteiger partial charge in [-0.2, -0.15) is 0 Å². The number of carbonyl (C=O) groups is 1. The molecule has 1 N–H and O–H groups in total. The van der Waals surface area contributed by atoms with Crippen LogP contribution in [0.4, 0.5) is 0 Å². The maximum absolute atomic E-state index is 12.5. The number of hydrogen-bond donors (Lipinski definition) is 1. The summed E-state index contributed by atoms with van der Waals surface area (Å²) in [5, 5.41) is 3.80. The molecule has 0 spiro atoms. The van der Waals surface area contributed by atoms with Gasteiger partial charge >= 0.3 is 0 Å². The van der Waals surface area contributed by atoms with Crippen molar-refractivity contribution < 1.29 is 13.2 Å². The van der Waals surface area contributed by atoms with Gasteiger partial charge in [-0.25, -0.2) is 8.42 Å². The van der Waals surface area contributed by atoms with E-state index >= 15 is 0 Å². The highest BCUT2D eigenvalue weighted by atomic mass is 35.5. The number of benzene rings is 1. The molecule has 0 aliphatic carbocycles. The topological polar surface area (TPSA) is 76.1 Å². The Hall–Kier alpha value is -1.66. The van der Waals surface area contributed by atoms with Crippen LogP contribution in [-0.2, 0) is 9.84 Å². The number of sulfone groups is 1. The number of para-hydroxylation sites is 1. The van der Waals surface area contributed by atoms with E-state index in [4.69, 9.17) is 11.6 Å². The summed E-state index contributed by atoms with van der Waals surface area (Å²) in [6, 6.07) is 6.93. The Morgan fingerprint density at radius 3 is 2.71 bits per heavy atom. The molecule has 130 valence electrons. The minimum Gasteiger partial charge on any atom is -0.351 e. The minimum absolute atomic E-state index is 0.0691. The van der Waals surface area contributed by atoms with Crippen LogP contribution >= 0.6 is 11.6 Å². The Bertz CT molecular complexity index is 864. The number of nitrogens with zero attached hydrogens (tertiary/aromatic N) is 1. The van der Waals surface area contributed by atoms with Gasteiger partial charge in [0.1, 0.15) is 0 Å². The van der Waals surface area contributed by atoms with Gasteiger partial charge in [-0.05, 0) is 25.0 Å². The lowest BCUT2D eigenvalue weighted by Gasteiger charge is -2.11. The lowest BCUT2D eigenvalue weighted by molar-refractivity contribution is 0.0957. The minimum atomic E-state index is -3.16. The van der Waals surface area contributed by atoms with Gasteiger partial charge in [0.15, 0.2) is 9.84 Å². The van der Waals surface area contributed by atoms with Gasteiger partial charge < -0.3 is 5.32 Å². The average molecular weight is 369 g/mol. The standard InChI is InChI=1S/C17H21ClN2O3S/c1-11(2)10-24(22,23)8-7-19-17(21)14-9-12(3)20-16-13(14)5-4-6-15(16)18/h4-6,9,11H,7-8,10H2,1-3H3,(H,19,21). The highest BCUT2D eigenvalue weighted by Gasteiger charge is 2.16. The number of nitrogens with one attached hydrogen (secondary N) is 1. The molecule has 5 nitrogen and oxygen atoms in total. The van der Waals surface area contributed by atoms with Gasteiger partial charge in [0.25, 0.3) is 5.91 Å². The molecule has 1 amide bonds. The van der Waals surface area contributed by atoms with Crippen LogP contribution in [0.25, 0.3) is 10.9 Å². The molecular formula is C17H21ClN2O3S. The first-order valence-electron chi connectivity index (χ1n) is 7.74. The number of carbonyl (C=O) groups excluding carboxylic acids is 1. The molecule has 0 aliphatic rings. The highest BCUT2D eigenvalue weighted by Crippen LogP contribution is 2.25. The predicted octanol–water partition coefficient (Wildman–Crippen LogP) is 3.00. The smallest absolute Gasteiger partial charge is 0.252 e. The van der Waals surface area contributed by atoms with E-state index in [1.807, 2.05) is 13.8 Å².